The highest BCUT2D eigenvalue weighted by Crippen LogP contribution is 2.32. The summed E-state index contributed by atoms with van der Waals surface area (Å²) in [6.45, 7) is 5.66. The lowest BCUT2D eigenvalue weighted by Crippen LogP contribution is -2.08. The van der Waals surface area contributed by atoms with E-state index in [4.69, 9.17) is 11.6 Å². The summed E-state index contributed by atoms with van der Waals surface area (Å²) in [5, 5.41) is 5.15. The molecule has 2 aromatic heterocycles. The fourth-order valence-electron chi connectivity index (χ4n) is 2.52. The molecule has 0 aliphatic rings. The van der Waals surface area contributed by atoms with Gasteiger partial charge in [0.25, 0.3) is 0 Å². The smallest absolute Gasteiger partial charge is 0.128 e. The average Bonchev–Trinajstić information content (AvgIpc) is 2.94. The second-order valence-corrected chi connectivity index (χ2v) is 5.34. The van der Waals surface area contributed by atoms with Crippen LogP contribution in [0.5, 0.6) is 0 Å². The fourth-order valence-corrected chi connectivity index (χ4v) is 2.86. The first kappa shape index (κ1) is 13.9. The molecular weight excluding hydrogens is 284 g/mol. The zero-order chi connectivity index (χ0) is 14.8. The number of nitrogens with zero attached hydrogens (tertiary/aromatic N) is 3. The lowest BCUT2D eigenvalue weighted by molar-refractivity contribution is 0.708. The fraction of sp³-hybridized carbons (Fsp3) is 0.250. The molecule has 0 amide bonds. The zero-order valence-corrected chi connectivity index (χ0v) is 12.9. The number of aromatic nitrogens is 3. The van der Waals surface area contributed by atoms with Crippen LogP contribution in [0.15, 0.2) is 36.8 Å². The maximum atomic E-state index is 6.40. The van der Waals surface area contributed by atoms with Crippen molar-refractivity contribution in [3.8, 4) is 0 Å². The SMILES string of the molecule is CCn1ccnc1CNc1c(Cl)cc(C)c2ncccc12. The van der Waals surface area contributed by atoms with E-state index in [2.05, 4.69) is 26.8 Å². The van der Waals surface area contributed by atoms with Crippen molar-refractivity contribution in [2.45, 2.75) is 26.9 Å². The van der Waals surface area contributed by atoms with Gasteiger partial charge in [0.05, 0.1) is 22.8 Å². The van der Waals surface area contributed by atoms with Gasteiger partial charge in [0.15, 0.2) is 0 Å². The summed E-state index contributed by atoms with van der Waals surface area (Å²) >= 11 is 6.40. The number of aryl methyl sites for hydroxylation is 2. The Bertz CT molecular complexity index is 779. The molecule has 0 atom stereocenters. The molecule has 1 aromatic carbocycles. The maximum absolute atomic E-state index is 6.40. The normalized spacial score (nSPS) is 11.0. The molecule has 0 saturated heterocycles. The van der Waals surface area contributed by atoms with Crippen molar-refractivity contribution >= 4 is 28.2 Å². The number of imidazole rings is 1. The minimum atomic E-state index is 0.633. The Morgan fingerprint density at radius 2 is 2.14 bits per heavy atom. The summed E-state index contributed by atoms with van der Waals surface area (Å²) in [5.74, 6) is 0.992. The van der Waals surface area contributed by atoms with E-state index in [1.807, 2.05) is 37.5 Å². The van der Waals surface area contributed by atoms with Gasteiger partial charge in [-0.15, -0.1) is 0 Å². The molecule has 5 heteroatoms. The third-order valence-electron chi connectivity index (χ3n) is 3.60. The molecule has 3 aromatic rings. The van der Waals surface area contributed by atoms with Gasteiger partial charge in [0, 0.05) is 30.5 Å². The highest BCUT2D eigenvalue weighted by Gasteiger charge is 2.10. The highest BCUT2D eigenvalue weighted by atomic mass is 35.5. The quantitative estimate of drug-likeness (QED) is 0.791. The number of hydrogen-bond acceptors (Lipinski definition) is 3. The Morgan fingerprint density at radius 3 is 2.95 bits per heavy atom. The van der Waals surface area contributed by atoms with Gasteiger partial charge in [-0.1, -0.05) is 11.6 Å². The van der Waals surface area contributed by atoms with Crippen molar-refractivity contribution in [3.05, 3.63) is 53.2 Å². The maximum Gasteiger partial charge on any atom is 0.128 e. The van der Waals surface area contributed by atoms with Crippen molar-refractivity contribution < 1.29 is 0 Å². The van der Waals surface area contributed by atoms with E-state index in [-0.39, 0.29) is 0 Å². The number of benzene rings is 1. The number of nitrogens with one attached hydrogen (secondary N) is 1. The standard InChI is InChI=1S/C16H17ClN4/c1-3-21-8-7-18-14(21)10-20-16-12-5-4-6-19-15(12)11(2)9-13(16)17/h4-9,20H,3,10H2,1-2H3. The van der Waals surface area contributed by atoms with Crippen molar-refractivity contribution in [2.24, 2.45) is 0 Å². The van der Waals surface area contributed by atoms with Crippen LogP contribution in [0.4, 0.5) is 5.69 Å². The topological polar surface area (TPSA) is 42.7 Å². The van der Waals surface area contributed by atoms with Gasteiger partial charge in [-0.25, -0.2) is 4.98 Å². The second kappa shape index (κ2) is 5.74. The van der Waals surface area contributed by atoms with E-state index in [1.165, 1.54) is 0 Å². The molecule has 0 saturated carbocycles. The van der Waals surface area contributed by atoms with Gasteiger partial charge in [0.2, 0.25) is 0 Å². The molecule has 2 heterocycles. The van der Waals surface area contributed by atoms with Gasteiger partial charge >= 0.3 is 0 Å². The van der Waals surface area contributed by atoms with E-state index < -0.39 is 0 Å². The van der Waals surface area contributed by atoms with E-state index in [0.29, 0.717) is 11.6 Å². The van der Waals surface area contributed by atoms with Crippen molar-refractivity contribution in [2.75, 3.05) is 5.32 Å². The van der Waals surface area contributed by atoms with E-state index >= 15 is 0 Å². The average molecular weight is 301 g/mol. The number of anilines is 1. The number of halogens is 1. The summed E-state index contributed by atoms with van der Waals surface area (Å²) in [6, 6.07) is 5.91. The molecule has 0 fully saturated rings. The Kier molecular flexibility index (Phi) is 3.80. The van der Waals surface area contributed by atoms with Crippen LogP contribution in [-0.2, 0) is 13.1 Å². The zero-order valence-electron chi connectivity index (χ0n) is 12.1. The summed E-state index contributed by atoms with van der Waals surface area (Å²) in [4.78, 5) is 8.81. The van der Waals surface area contributed by atoms with Gasteiger partial charge < -0.3 is 9.88 Å². The van der Waals surface area contributed by atoms with Crippen LogP contribution in [0, 0.1) is 6.92 Å². The lowest BCUT2D eigenvalue weighted by atomic mass is 10.1. The van der Waals surface area contributed by atoms with Crippen molar-refractivity contribution in [1.82, 2.24) is 14.5 Å². The van der Waals surface area contributed by atoms with Crippen LogP contribution in [0.1, 0.15) is 18.3 Å². The first-order chi connectivity index (χ1) is 10.2. The van der Waals surface area contributed by atoms with E-state index in [1.54, 1.807) is 6.20 Å². The largest absolute Gasteiger partial charge is 0.376 e. The van der Waals surface area contributed by atoms with Gasteiger partial charge in [-0.3, -0.25) is 4.98 Å². The molecule has 1 N–H and O–H groups in total. The minimum Gasteiger partial charge on any atom is -0.376 e. The third-order valence-corrected chi connectivity index (χ3v) is 3.90. The molecule has 0 unspecified atom stereocenters. The van der Waals surface area contributed by atoms with Crippen LogP contribution >= 0.6 is 11.6 Å². The Morgan fingerprint density at radius 1 is 1.29 bits per heavy atom. The summed E-state index contributed by atoms with van der Waals surface area (Å²) in [7, 11) is 0. The molecule has 108 valence electrons. The minimum absolute atomic E-state index is 0.633. The molecule has 21 heavy (non-hydrogen) atoms. The summed E-state index contributed by atoms with van der Waals surface area (Å²) in [5.41, 5.74) is 2.97. The molecule has 0 radical (unpaired) electrons. The van der Waals surface area contributed by atoms with Crippen molar-refractivity contribution in [3.63, 3.8) is 0 Å². The molecule has 4 nitrogen and oxygen atoms in total. The number of fused-ring (bicyclic) bond motifs is 1. The predicted octanol–water partition coefficient (Wildman–Crippen LogP) is 4.03. The van der Waals surface area contributed by atoms with Gasteiger partial charge in [-0.05, 0) is 37.6 Å². The first-order valence-electron chi connectivity index (χ1n) is 6.98. The van der Waals surface area contributed by atoms with Crippen molar-refractivity contribution in [1.29, 1.82) is 0 Å². The predicted molar refractivity (Wildman–Crippen MR) is 86.7 cm³/mol. The van der Waals surface area contributed by atoms with Gasteiger partial charge in [-0.2, -0.15) is 0 Å². The molecule has 0 aliphatic heterocycles. The number of rotatable bonds is 4. The first-order valence-corrected chi connectivity index (χ1v) is 7.36. The Labute approximate surface area is 128 Å². The van der Waals surface area contributed by atoms with Gasteiger partial charge in [0.1, 0.15) is 5.82 Å². The van der Waals surface area contributed by atoms with Crippen LogP contribution in [-0.4, -0.2) is 14.5 Å². The molecular formula is C16H17ClN4. The lowest BCUT2D eigenvalue weighted by Gasteiger charge is -2.13. The Hall–Kier alpha value is -2.07. The molecule has 3 rings (SSSR count). The monoisotopic (exact) mass is 300 g/mol. The van der Waals surface area contributed by atoms with E-state index in [0.717, 1.165) is 34.5 Å². The Balaban J connectivity index is 1.97. The number of pyridine rings is 1. The molecule has 0 aliphatic carbocycles. The third kappa shape index (κ3) is 2.59. The van der Waals surface area contributed by atoms with E-state index in [9.17, 15) is 0 Å². The van der Waals surface area contributed by atoms with Crippen LogP contribution in [0.2, 0.25) is 5.02 Å². The molecule has 0 bridgehead atoms. The summed E-state index contributed by atoms with van der Waals surface area (Å²) < 4.78 is 2.11. The summed E-state index contributed by atoms with van der Waals surface area (Å²) in [6.07, 6.45) is 5.60. The second-order valence-electron chi connectivity index (χ2n) is 4.93. The number of hydrogen-bond donors (Lipinski definition) is 1. The van der Waals surface area contributed by atoms with Crippen LogP contribution < -0.4 is 5.32 Å². The molecule has 0 spiro atoms. The highest BCUT2D eigenvalue weighted by molar-refractivity contribution is 6.35. The van der Waals surface area contributed by atoms with Crippen LogP contribution in [0.25, 0.3) is 10.9 Å². The van der Waals surface area contributed by atoms with Crippen LogP contribution in [0.3, 0.4) is 0 Å².